The van der Waals surface area contributed by atoms with Crippen molar-refractivity contribution in [3.05, 3.63) is 92.9 Å². The average molecular weight is 610 g/mol. The van der Waals surface area contributed by atoms with Gasteiger partial charge in [-0.3, -0.25) is 19.3 Å². The summed E-state index contributed by atoms with van der Waals surface area (Å²) in [6.07, 6.45) is 2.11. The average Bonchev–Trinajstić information content (AvgIpc) is 3.21. The van der Waals surface area contributed by atoms with Gasteiger partial charge < -0.3 is 10.1 Å². The van der Waals surface area contributed by atoms with Crippen molar-refractivity contribution in [1.29, 1.82) is 0 Å². The lowest BCUT2D eigenvalue weighted by Gasteiger charge is -2.28. The Morgan fingerprint density at radius 2 is 1.74 bits per heavy atom. The molecule has 1 heterocycles. The molecule has 1 aliphatic heterocycles. The Balaban J connectivity index is 1.24. The Kier molecular flexibility index (Phi) is 7.86. The van der Waals surface area contributed by atoms with Crippen LogP contribution >= 0.6 is 27.5 Å². The van der Waals surface area contributed by atoms with Crippen molar-refractivity contribution in [1.82, 2.24) is 0 Å². The van der Waals surface area contributed by atoms with Gasteiger partial charge in [-0.1, -0.05) is 48.0 Å². The van der Waals surface area contributed by atoms with Crippen LogP contribution in [-0.4, -0.2) is 30.3 Å². The van der Waals surface area contributed by atoms with Gasteiger partial charge in [-0.2, -0.15) is 0 Å². The van der Waals surface area contributed by atoms with Crippen molar-refractivity contribution >= 4 is 62.6 Å². The van der Waals surface area contributed by atoms with Gasteiger partial charge in [0.25, 0.3) is 5.91 Å². The molecule has 3 aromatic carbocycles. The predicted octanol–water partition coefficient (Wildman–Crippen LogP) is 6.28. The number of rotatable bonds is 6. The second kappa shape index (κ2) is 11.3. The summed E-state index contributed by atoms with van der Waals surface area (Å²) in [7, 11) is 0. The van der Waals surface area contributed by atoms with Crippen molar-refractivity contribution in [2.24, 2.45) is 11.8 Å². The van der Waals surface area contributed by atoms with Crippen LogP contribution < -0.4 is 10.2 Å². The second-order valence-electron chi connectivity index (χ2n) is 9.85. The zero-order chi connectivity index (χ0) is 27.7. The molecule has 39 heavy (non-hydrogen) atoms. The zero-order valence-corrected chi connectivity index (χ0v) is 23.5. The standard InChI is InChI=1S/C30H26BrClN2O5/c1-17-25(13-12-24(31)27(17)32)33-26(35)16-39-30(38)20-8-5-9-21(14-20)34-28(36)22-11-10-19(15-23(22)29(34)37)18-6-3-2-4-7-18/h2-9,12-14,19,22-23H,10-11,15-16H2,1H3,(H,33,35)/t19-,22+,23+/m0/s1. The first-order valence-corrected chi connectivity index (χ1v) is 13.9. The third-order valence-electron chi connectivity index (χ3n) is 7.48. The van der Waals surface area contributed by atoms with Crippen molar-refractivity contribution < 1.29 is 23.9 Å². The van der Waals surface area contributed by atoms with Crippen LogP contribution in [0.1, 0.15) is 46.7 Å². The predicted molar refractivity (Wildman–Crippen MR) is 152 cm³/mol. The molecule has 3 amide bonds. The molecule has 3 atom stereocenters. The van der Waals surface area contributed by atoms with Gasteiger partial charge >= 0.3 is 5.97 Å². The summed E-state index contributed by atoms with van der Waals surface area (Å²) < 4.78 is 5.91. The fourth-order valence-electron chi connectivity index (χ4n) is 5.42. The lowest BCUT2D eigenvalue weighted by atomic mass is 9.73. The van der Waals surface area contributed by atoms with Crippen molar-refractivity contribution in [2.45, 2.75) is 32.1 Å². The first kappa shape index (κ1) is 27.1. The van der Waals surface area contributed by atoms with E-state index in [4.69, 9.17) is 16.3 Å². The minimum absolute atomic E-state index is 0.140. The highest BCUT2D eigenvalue weighted by atomic mass is 79.9. The lowest BCUT2D eigenvalue weighted by Crippen LogP contribution is -2.31. The molecule has 0 aromatic heterocycles. The van der Waals surface area contributed by atoms with E-state index in [1.54, 1.807) is 31.2 Å². The summed E-state index contributed by atoms with van der Waals surface area (Å²) in [5, 5.41) is 3.15. The number of carbonyl (C=O) groups excluding carboxylic acids is 4. The number of benzene rings is 3. The number of halogens is 2. The number of nitrogens with one attached hydrogen (secondary N) is 1. The highest BCUT2D eigenvalue weighted by Crippen LogP contribution is 2.45. The summed E-state index contributed by atoms with van der Waals surface area (Å²) in [5.74, 6) is -2.24. The van der Waals surface area contributed by atoms with Crippen LogP contribution in [0.15, 0.2) is 71.2 Å². The van der Waals surface area contributed by atoms with Crippen LogP contribution in [0.5, 0.6) is 0 Å². The number of carbonyl (C=O) groups is 4. The summed E-state index contributed by atoms with van der Waals surface area (Å²) in [5.41, 5.74) is 2.83. The van der Waals surface area contributed by atoms with Gasteiger partial charge in [0.05, 0.1) is 28.1 Å². The number of ether oxygens (including phenoxy) is 1. The summed E-state index contributed by atoms with van der Waals surface area (Å²) in [6.45, 7) is 1.25. The molecule has 1 saturated carbocycles. The van der Waals surface area contributed by atoms with Crippen LogP contribution in [0.4, 0.5) is 11.4 Å². The molecule has 0 radical (unpaired) electrons. The number of nitrogens with zero attached hydrogens (tertiary/aromatic N) is 1. The molecule has 1 aliphatic carbocycles. The van der Waals surface area contributed by atoms with E-state index < -0.39 is 18.5 Å². The molecular formula is C30H26BrClN2O5. The molecule has 0 spiro atoms. The summed E-state index contributed by atoms with van der Waals surface area (Å²) in [4.78, 5) is 53.0. The SMILES string of the molecule is Cc1c(NC(=O)COC(=O)c2cccc(N3C(=O)[C@@H]4CC[C@H](c5ccccc5)C[C@H]4C3=O)c2)ccc(Br)c1Cl. The highest BCUT2D eigenvalue weighted by Gasteiger charge is 2.50. The normalized spacial score (nSPS) is 20.5. The lowest BCUT2D eigenvalue weighted by molar-refractivity contribution is -0.122. The third kappa shape index (κ3) is 5.49. The number of fused-ring (bicyclic) bond motifs is 1. The minimum atomic E-state index is -0.738. The van der Waals surface area contributed by atoms with E-state index in [1.165, 1.54) is 22.6 Å². The molecule has 2 fully saturated rings. The van der Waals surface area contributed by atoms with Crippen LogP contribution in [0.2, 0.25) is 5.02 Å². The zero-order valence-electron chi connectivity index (χ0n) is 21.2. The van der Waals surface area contributed by atoms with E-state index >= 15 is 0 Å². The molecular weight excluding hydrogens is 584 g/mol. The monoisotopic (exact) mass is 608 g/mol. The van der Waals surface area contributed by atoms with Gasteiger partial charge in [0.2, 0.25) is 11.8 Å². The minimum Gasteiger partial charge on any atom is -0.452 e. The quantitative estimate of drug-likeness (QED) is 0.262. The molecule has 9 heteroatoms. The maximum Gasteiger partial charge on any atom is 0.338 e. The van der Waals surface area contributed by atoms with Gasteiger partial charge in [0, 0.05) is 10.2 Å². The topological polar surface area (TPSA) is 92.8 Å². The van der Waals surface area contributed by atoms with Gasteiger partial charge in [-0.15, -0.1) is 0 Å². The molecule has 0 bridgehead atoms. The molecule has 0 unspecified atom stereocenters. The molecule has 3 aromatic rings. The number of hydrogen-bond donors (Lipinski definition) is 1. The Bertz CT molecular complexity index is 1460. The van der Waals surface area contributed by atoms with E-state index in [1.807, 2.05) is 18.2 Å². The largest absolute Gasteiger partial charge is 0.452 e. The molecule has 1 N–H and O–H groups in total. The third-order valence-corrected chi connectivity index (χ3v) is 8.86. The number of hydrogen-bond acceptors (Lipinski definition) is 5. The Hall–Kier alpha value is -3.49. The van der Waals surface area contributed by atoms with E-state index in [-0.39, 0.29) is 35.1 Å². The van der Waals surface area contributed by atoms with Crippen LogP contribution in [0, 0.1) is 18.8 Å². The summed E-state index contributed by atoms with van der Waals surface area (Å²) in [6, 6.07) is 19.7. The Labute approximate surface area is 239 Å². The van der Waals surface area contributed by atoms with Crippen LogP contribution in [-0.2, 0) is 19.1 Å². The fourth-order valence-corrected chi connectivity index (χ4v) is 6.02. The maximum atomic E-state index is 13.4. The van der Waals surface area contributed by atoms with Gasteiger partial charge in [0.1, 0.15) is 0 Å². The van der Waals surface area contributed by atoms with Gasteiger partial charge in [-0.05, 0) is 89.5 Å². The molecule has 5 rings (SSSR count). The smallest absolute Gasteiger partial charge is 0.338 e. The first-order valence-electron chi connectivity index (χ1n) is 12.7. The molecule has 200 valence electrons. The fraction of sp³-hybridized carbons (Fsp3) is 0.267. The van der Waals surface area contributed by atoms with E-state index in [2.05, 4.69) is 33.4 Å². The van der Waals surface area contributed by atoms with Gasteiger partial charge in [0.15, 0.2) is 6.61 Å². The van der Waals surface area contributed by atoms with Crippen molar-refractivity contribution in [2.75, 3.05) is 16.8 Å². The van der Waals surface area contributed by atoms with Crippen molar-refractivity contribution in [3.8, 4) is 0 Å². The van der Waals surface area contributed by atoms with Crippen molar-refractivity contribution in [3.63, 3.8) is 0 Å². The highest BCUT2D eigenvalue weighted by molar-refractivity contribution is 9.10. The maximum absolute atomic E-state index is 13.4. The van der Waals surface area contributed by atoms with Crippen LogP contribution in [0.25, 0.3) is 0 Å². The number of amides is 3. The van der Waals surface area contributed by atoms with Gasteiger partial charge in [-0.25, -0.2) is 4.79 Å². The second-order valence-corrected chi connectivity index (χ2v) is 11.1. The van der Waals surface area contributed by atoms with E-state index in [0.717, 1.165) is 6.42 Å². The number of anilines is 2. The molecule has 2 aliphatic rings. The summed E-state index contributed by atoms with van der Waals surface area (Å²) >= 11 is 9.53. The first-order chi connectivity index (χ1) is 18.7. The molecule has 1 saturated heterocycles. The Morgan fingerprint density at radius 3 is 2.51 bits per heavy atom. The molecule has 7 nitrogen and oxygen atoms in total. The number of imide groups is 1. The van der Waals surface area contributed by atoms with Crippen LogP contribution in [0.3, 0.4) is 0 Å². The van der Waals surface area contributed by atoms with E-state index in [9.17, 15) is 19.2 Å². The Morgan fingerprint density at radius 1 is 1.00 bits per heavy atom. The number of esters is 1. The van der Waals surface area contributed by atoms with E-state index in [0.29, 0.717) is 39.3 Å².